The van der Waals surface area contributed by atoms with E-state index in [0.29, 0.717) is 19.0 Å². The summed E-state index contributed by atoms with van der Waals surface area (Å²) in [6, 6.07) is 8.74. The lowest BCUT2D eigenvalue weighted by atomic mass is 10.2. The maximum absolute atomic E-state index is 12.7. The third kappa shape index (κ3) is 4.37. The van der Waals surface area contributed by atoms with E-state index >= 15 is 0 Å². The van der Waals surface area contributed by atoms with E-state index in [1.807, 2.05) is 30.3 Å². The fraction of sp³-hybridized carbons (Fsp3) is 0.438. The minimum absolute atomic E-state index is 0.101. The zero-order valence-electron chi connectivity index (χ0n) is 13.5. The van der Waals surface area contributed by atoms with Crippen LogP contribution in [0.2, 0.25) is 0 Å². The van der Waals surface area contributed by atoms with Crippen molar-refractivity contribution in [2.45, 2.75) is 19.0 Å². The SMILES string of the molecule is O=C(NCc1nncn1-c1ccccc1)C1COCCN1CC(F)F. The fourth-order valence-corrected chi connectivity index (χ4v) is 2.74. The van der Waals surface area contributed by atoms with Crippen molar-refractivity contribution >= 4 is 5.91 Å². The second-order valence-corrected chi connectivity index (χ2v) is 5.65. The number of ether oxygens (including phenoxy) is 1. The summed E-state index contributed by atoms with van der Waals surface area (Å²) < 4.78 is 32.4. The number of aromatic nitrogens is 3. The number of amides is 1. The molecule has 1 aromatic carbocycles. The number of hydrogen-bond acceptors (Lipinski definition) is 5. The summed E-state index contributed by atoms with van der Waals surface area (Å²) in [7, 11) is 0. The predicted molar refractivity (Wildman–Crippen MR) is 85.4 cm³/mol. The standard InChI is InChI=1S/C16H19F2N5O2/c17-14(18)9-22-6-7-25-10-13(22)16(24)19-8-15-21-20-11-23(15)12-4-2-1-3-5-12/h1-5,11,13-14H,6-10H2,(H,19,24). The molecule has 1 aliphatic rings. The number of nitrogens with one attached hydrogen (secondary N) is 1. The van der Waals surface area contributed by atoms with Crippen LogP contribution in [0.5, 0.6) is 0 Å². The lowest BCUT2D eigenvalue weighted by molar-refractivity contribution is -0.134. The van der Waals surface area contributed by atoms with Gasteiger partial charge >= 0.3 is 0 Å². The van der Waals surface area contributed by atoms with Crippen LogP contribution in [0.25, 0.3) is 5.69 Å². The van der Waals surface area contributed by atoms with E-state index < -0.39 is 19.0 Å². The summed E-state index contributed by atoms with van der Waals surface area (Å²) in [5.41, 5.74) is 0.872. The average Bonchev–Trinajstić information content (AvgIpc) is 3.09. The lowest BCUT2D eigenvalue weighted by Crippen LogP contribution is -2.54. The topological polar surface area (TPSA) is 72.3 Å². The molecule has 7 nitrogen and oxygen atoms in total. The second-order valence-electron chi connectivity index (χ2n) is 5.65. The quantitative estimate of drug-likeness (QED) is 0.835. The largest absolute Gasteiger partial charge is 0.378 e. The molecule has 134 valence electrons. The molecule has 0 saturated carbocycles. The summed E-state index contributed by atoms with van der Waals surface area (Å²) in [5.74, 6) is 0.194. The molecule has 2 aromatic rings. The molecule has 3 rings (SSSR count). The molecule has 9 heteroatoms. The Morgan fingerprint density at radius 2 is 2.16 bits per heavy atom. The molecule has 0 aliphatic carbocycles. The van der Waals surface area contributed by atoms with E-state index in [4.69, 9.17) is 4.74 Å². The highest BCUT2D eigenvalue weighted by molar-refractivity contribution is 5.81. The van der Waals surface area contributed by atoms with Gasteiger partial charge < -0.3 is 10.1 Å². The Kier molecular flexibility index (Phi) is 5.67. The Morgan fingerprint density at radius 1 is 1.36 bits per heavy atom. The van der Waals surface area contributed by atoms with Crippen molar-refractivity contribution < 1.29 is 18.3 Å². The zero-order chi connectivity index (χ0) is 17.6. The van der Waals surface area contributed by atoms with Gasteiger partial charge in [-0.2, -0.15) is 0 Å². The van der Waals surface area contributed by atoms with Crippen LogP contribution in [0, 0.1) is 0 Å². The molecule has 1 unspecified atom stereocenters. The number of benzene rings is 1. The minimum Gasteiger partial charge on any atom is -0.378 e. The summed E-state index contributed by atoms with van der Waals surface area (Å²) in [6.07, 6.45) is -0.932. The molecule has 1 amide bonds. The van der Waals surface area contributed by atoms with Gasteiger partial charge in [-0.25, -0.2) is 8.78 Å². The molecule has 1 aliphatic heterocycles. The highest BCUT2D eigenvalue weighted by atomic mass is 19.3. The molecule has 1 atom stereocenters. The Hall–Kier alpha value is -2.39. The fourth-order valence-electron chi connectivity index (χ4n) is 2.74. The maximum Gasteiger partial charge on any atom is 0.251 e. The van der Waals surface area contributed by atoms with Gasteiger partial charge in [0.25, 0.3) is 6.43 Å². The van der Waals surface area contributed by atoms with Crippen LogP contribution in [0.4, 0.5) is 8.78 Å². The van der Waals surface area contributed by atoms with Crippen LogP contribution in [0.1, 0.15) is 5.82 Å². The summed E-state index contributed by atoms with van der Waals surface area (Å²) >= 11 is 0. The average molecular weight is 351 g/mol. The van der Waals surface area contributed by atoms with E-state index in [9.17, 15) is 13.6 Å². The van der Waals surface area contributed by atoms with Crippen molar-refractivity contribution in [1.29, 1.82) is 0 Å². The number of carbonyl (C=O) groups is 1. The summed E-state index contributed by atoms with van der Waals surface area (Å²) in [4.78, 5) is 13.8. The van der Waals surface area contributed by atoms with Gasteiger partial charge in [-0.3, -0.25) is 14.3 Å². The smallest absolute Gasteiger partial charge is 0.251 e. The summed E-state index contributed by atoms with van der Waals surface area (Å²) in [5, 5.41) is 10.6. The molecule has 0 bridgehead atoms. The zero-order valence-corrected chi connectivity index (χ0v) is 13.5. The van der Waals surface area contributed by atoms with E-state index in [2.05, 4.69) is 15.5 Å². The number of nitrogens with zero attached hydrogens (tertiary/aromatic N) is 4. The van der Waals surface area contributed by atoms with Crippen molar-refractivity contribution in [3.8, 4) is 5.69 Å². The van der Waals surface area contributed by atoms with E-state index in [1.165, 1.54) is 4.90 Å². The molecule has 1 N–H and O–H groups in total. The summed E-state index contributed by atoms with van der Waals surface area (Å²) in [6.45, 7) is 0.458. The Labute approximate surface area is 143 Å². The van der Waals surface area contributed by atoms with Gasteiger partial charge in [-0.05, 0) is 12.1 Å². The first kappa shape index (κ1) is 17.4. The predicted octanol–water partition coefficient (Wildman–Crippen LogP) is 0.849. The van der Waals surface area contributed by atoms with Crippen LogP contribution in [-0.4, -0.2) is 64.3 Å². The number of carbonyl (C=O) groups excluding carboxylic acids is 1. The first-order valence-electron chi connectivity index (χ1n) is 7.97. The number of para-hydroxylation sites is 1. The monoisotopic (exact) mass is 351 g/mol. The Balaban J connectivity index is 1.63. The van der Waals surface area contributed by atoms with E-state index in [1.54, 1.807) is 10.9 Å². The molecule has 1 fully saturated rings. The maximum atomic E-state index is 12.7. The first-order chi connectivity index (χ1) is 12.1. The third-order valence-corrected chi connectivity index (χ3v) is 3.99. The first-order valence-corrected chi connectivity index (χ1v) is 7.97. The van der Waals surface area contributed by atoms with Gasteiger partial charge in [-0.1, -0.05) is 18.2 Å². The van der Waals surface area contributed by atoms with Gasteiger partial charge in [0.1, 0.15) is 12.4 Å². The molecule has 0 spiro atoms. The third-order valence-electron chi connectivity index (χ3n) is 3.99. The van der Waals surface area contributed by atoms with Crippen molar-refractivity contribution in [1.82, 2.24) is 25.0 Å². The van der Waals surface area contributed by atoms with Crippen molar-refractivity contribution in [3.63, 3.8) is 0 Å². The van der Waals surface area contributed by atoms with Gasteiger partial charge in [0, 0.05) is 12.2 Å². The molecule has 25 heavy (non-hydrogen) atoms. The van der Waals surface area contributed by atoms with Crippen LogP contribution < -0.4 is 5.32 Å². The minimum atomic E-state index is -2.49. The van der Waals surface area contributed by atoms with Crippen molar-refractivity contribution in [2.24, 2.45) is 0 Å². The molecular weight excluding hydrogens is 332 g/mol. The Bertz CT molecular complexity index is 695. The molecule has 1 saturated heterocycles. The number of halogens is 2. The second kappa shape index (κ2) is 8.13. The van der Waals surface area contributed by atoms with Crippen LogP contribution in [0.15, 0.2) is 36.7 Å². The van der Waals surface area contributed by atoms with E-state index in [0.717, 1.165) is 5.69 Å². The number of rotatable bonds is 6. The van der Waals surface area contributed by atoms with Gasteiger partial charge in [0.2, 0.25) is 5.91 Å². The van der Waals surface area contributed by atoms with Crippen molar-refractivity contribution in [3.05, 3.63) is 42.5 Å². The Morgan fingerprint density at radius 3 is 2.92 bits per heavy atom. The molecular formula is C16H19F2N5O2. The molecule has 2 heterocycles. The molecule has 1 aromatic heterocycles. The lowest BCUT2D eigenvalue weighted by Gasteiger charge is -2.34. The van der Waals surface area contributed by atoms with Gasteiger partial charge in [0.05, 0.1) is 26.3 Å². The van der Waals surface area contributed by atoms with Crippen LogP contribution >= 0.6 is 0 Å². The highest BCUT2D eigenvalue weighted by Crippen LogP contribution is 2.11. The number of morpholine rings is 1. The number of hydrogen-bond donors (Lipinski definition) is 1. The molecule has 0 radical (unpaired) electrons. The number of alkyl halides is 2. The normalized spacial score (nSPS) is 18.4. The van der Waals surface area contributed by atoms with E-state index in [-0.39, 0.29) is 19.1 Å². The van der Waals surface area contributed by atoms with Gasteiger partial charge in [-0.15, -0.1) is 10.2 Å². The van der Waals surface area contributed by atoms with Gasteiger partial charge in [0.15, 0.2) is 5.82 Å². The highest BCUT2D eigenvalue weighted by Gasteiger charge is 2.31. The van der Waals surface area contributed by atoms with Crippen LogP contribution in [-0.2, 0) is 16.1 Å². The van der Waals surface area contributed by atoms with Crippen LogP contribution in [0.3, 0.4) is 0 Å². The van der Waals surface area contributed by atoms with Crippen molar-refractivity contribution in [2.75, 3.05) is 26.3 Å².